The van der Waals surface area contributed by atoms with Gasteiger partial charge in [-0.2, -0.15) is 0 Å². The molecule has 1 aromatic rings. The Bertz CT molecular complexity index is 475. The number of carbonyl (C=O) groups excluding carboxylic acids is 1. The highest BCUT2D eigenvalue weighted by Gasteiger charge is 2.28. The molecule has 1 aliphatic heterocycles. The molecule has 0 radical (unpaired) electrons. The number of halogens is 1. The molecule has 4 heteroatoms. The van der Waals surface area contributed by atoms with E-state index in [-0.39, 0.29) is 11.9 Å². The number of nitrogens with zero attached hydrogens (tertiary/aromatic N) is 1. The number of hydrogen-bond donors (Lipinski definition) is 1. The summed E-state index contributed by atoms with van der Waals surface area (Å²) in [5.41, 5.74) is 1.03. The van der Waals surface area contributed by atoms with Gasteiger partial charge in [0.15, 0.2) is 0 Å². The molecule has 2 rings (SSSR count). The molecule has 1 N–H and O–H groups in total. The van der Waals surface area contributed by atoms with Crippen molar-refractivity contribution in [2.75, 3.05) is 19.6 Å². The second-order valence-corrected chi connectivity index (χ2v) is 5.42. The van der Waals surface area contributed by atoms with Crippen LogP contribution in [0.4, 0.5) is 0 Å². The molecular weight excluding hydrogens is 272 g/mol. The van der Waals surface area contributed by atoms with E-state index in [0.29, 0.717) is 6.42 Å². The zero-order valence-corrected chi connectivity index (χ0v) is 12.4. The minimum Gasteiger partial charge on any atom is -0.333 e. The predicted octanol–water partition coefficient (Wildman–Crippen LogP) is 3.17. The van der Waals surface area contributed by atoms with Crippen LogP contribution in [0.25, 0.3) is 0 Å². The Morgan fingerprint density at radius 1 is 1.50 bits per heavy atom. The van der Waals surface area contributed by atoms with E-state index in [1.807, 2.05) is 35.2 Å². The van der Waals surface area contributed by atoms with Gasteiger partial charge in [-0.1, -0.05) is 35.9 Å². The zero-order chi connectivity index (χ0) is 14.4. The van der Waals surface area contributed by atoms with Crippen molar-refractivity contribution in [3.8, 4) is 0 Å². The molecular formula is C16H21ClN2O. The van der Waals surface area contributed by atoms with Gasteiger partial charge < -0.3 is 10.2 Å². The summed E-state index contributed by atoms with van der Waals surface area (Å²) in [4.78, 5) is 14.3. The van der Waals surface area contributed by atoms with E-state index in [4.69, 9.17) is 11.6 Å². The maximum Gasteiger partial charge on any atom is 0.223 e. The molecule has 1 heterocycles. The van der Waals surface area contributed by atoms with Crippen molar-refractivity contribution in [2.24, 2.45) is 0 Å². The Morgan fingerprint density at radius 2 is 2.30 bits per heavy atom. The molecule has 108 valence electrons. The van der Waals surface area contributed by atoms with Gasteiger partial charge in [-0.3, -0.25) is 4.79 Å². The van der Waals surface area contributed by atoms with Crippen LogP contribution < -0.4 is 5.32 Å². The van der Waals surface area contributed by atoms with Gasteiger partial charge in [0.1, 0.15) is 0 Å². The number of benzene rings is 1. The van der Waals surface area contributed by atoms with Crippen LogP contribution in [0.1, 0.15) is 30.9 Å². The summed E-state index contributed by atoms with van der Waals surface area (Å²) in [7, 11) is 0. The van der Waals surface area contributed by atoms with E-state index in [9.17, 15) is 4.79 Å². The fourth-order valence-corrected chi connectivity index (χ4v) is 2.83. The van der Waals surface area contributed by atoms with E-state index >= 15 is 0 Å². The first-order valence-electron chi connectivity index (χ1n) is 7.09. The average molecular weight is 293 g/mol. The van der Waals surface area contributed by atoms with Crippen molar-refractivity contribution in [3.05, 3.63) is 47.5 Å². The Morgan fingerprint density at radius 3 is 3.05 bits per heavy atom. The van der Waals surface area contributed by atoms with Crippen molar-refractivity contribution in [1.29, 1.82) is 0 Å². The van der Waals surface area contributed by atoms with Crippen LogP contribution in [-0.2, 0) is 4.79 Å². The molecule has 1 amide bonds. The number of piperazine rings is 1. The summed E-state index contributed by atoms with van der Waals surface area (Å²) in [6.07, 6.45) is 4.18. The van der Waals surface area contributed by atoms with Crippen LogP contribution in [-0.4, -0.2) is 30.4 Å². The van der Waals surface area contributed by atoms with Crippen molar-refractivity contribution in [3.63, 3.8) is 0 Å². The Labute approximate surface area is 125 Å². The van der Waals surface area contributed by atoms with Crippen molar-refractivity contribution in [2.45, 2.75) is 25.3 Å². The molecule has 1 atom stereocenters. The van der Waals surface area contributed by atoms with Crippen LogP contribution in [0.5, 0.6) is 0 Å². The number of nitrogens with one attached hydrogen (secondary N) is 1. The largest absolute Gasteiger partial charge is 0.333 e. The lowest BCUT2D eigenvalue weighted by atomic mass is 10.0. The highest BCUT2D eigenvalue weighted by molar-refractivity contribution is 6.31. The van der Waals surface area contributed by atoms with Crippen LogP contribution >= 0.6 is 11.6 Å². The van der Waals surface area contributed by atoms with Gasteiger partial charge in [-0.15, -0.1) is 6.58 Å². The molecule has 20 heavy (non-hydrogen) atoms. The normalized spacial score (nSPS) is 18.9. The molecule has 1 saturated heterocycles. The topological polar surface area (TPSA) is 32.3 Å². The molecule has 1 aliphatic rings. The molecule has 0 aromatic heterocycles. The zero-order valence-electron chi connectivity index (χ0n) is 11.6. The third kappa shape index (κ3) is 3.62. The van der Waals surface area contributed by atoms with Gasteiger partial charge in [0.25, 0.3) is 0 Å². The van der Waals surface area contributed by atoms with Crippen LogP contribution in [0.2, 0.25) is 5.02 Å². The maximum absolute atomic E-state index is 12.4. The third-order valence-corrected chi connectivity index (χ3v) is 3.97. The molecule has 0 aliphatic carbocycles. The van der Waals surface area contributed by atoms with Crippen LogP contribution in [0.15, 0.2) is 36.9 Å². The minimum atomic E-state index is 0.0358. The number of amides is 1. The monoisotopic (exact) mass is 292 g/mol. The van der Waals surface area contributed by atoms with Crippen molar-refractivity contribution >= 4 is 17.5 Å². The molecule has 0 bridgehead atoms. The van der Waals surface area contributed by atoms with E-state index in [2.05, 4.69) is 11.9 Å². The summed E-state index contributed by atoms with van der Waals surface area (Å²) in [6.45, 7) is 6.03. The van der Waals surface area contributed by atoms with Gasteiger partial charge >= 0.3 is 0 Å². The first-order valence-corrected chi connectivity index (χ1v) is 7.47. The molecule has 1 aromatic carbocycles. The maximum atomic E-state index is 12.4. The fraction of sp³-hybridized carbons (Fsp3) is 0.438. The second-order valence-electron chi connectivity index (χ2n) is 5.01. The van der Waals surface area contributed by atoms with Gasteiger partial charge in [-0.25, -0.2) is 0 Å². The molecule has 3 nitrogen and oxygen atoms in total. The second kappa shape index (κ2) is 7.46. The Kier molecular flexibility index (Phi) is 5.62. The molecule has 1 unspecified atom stereocenters. The van der Waals surface area contributed by atoms with Crippen molar-refractivity contribution in [1.82, 2.24) is 10.2 Å². The lowest BCUT2D eigenvalue weighted by Crippen LogP contribution is -2.48. The Hall–Kier alpha value is -1.32. The summed E-state index contributed by atoms with van der Waals surface area (Å²) in [6, 6.07) is 7.80. The molecule has 0 spiro atoms. The first kappa shape index (κ1) is 15.1. The van der Waals surface area contributed by atoms with Crippen molar-refractivity contribution < 1.29 is 4.79 Å². The number of allylic oxidation sites excluding steroid dienone is 1. The van der Waals surface area contributed by atoms with E-state index < -0.39 is 0 Å². The summed E-state index contributed by atoms with van der Waals surface area (Å²) in [5.74, 6) is 0.207. The minimum absolute atomic E-state index is 0.0358. The quantitative estimate of drug-likeness (QED) is 0.668. The van der Waals surface area contributed by atoms with E-state index in [1.54, 1.807) is 0 Å². The van der Waals surface area contributed by atoms with Gasteiger partial charge in [0.2, 0.25) is 5.91 Å². The SMILES string of the molecule is C=CCCCC(=O)N1CCNCC1c1ccccc1Cl. The standard InChI is InChI=1S/C16H21ClN2O/c1-2-3-4-9-16(20)19-11-10-18-12-15(19)13-7-5-6-8-14(13)17/h2,5-8,15,18H,1,3-4,9-12H2. The third-order valence-electron chi connectivity index (χ3n) is 3.63. The van der Waals surface area contributed by atoms with Gasteiger partial charge in [0, 0.05) is 31.1 Å². The number of rotatable bonds is 5. The van der Waals surface area contributed by atoms with Crippen LogP contribution in [0.3, 0.4) is 0 Å². The summed E-state index contributed by atoms with van der Waals surface area (Å²) >= 11 is 6.28. The number of unbranched alkanes of at least 4 members (excludes halogenated alkanes) is 1. The van der Waals surface area contributed by atoms with Gasteiger partial charge in [0.05, 0.1) is 6.04 Å². The lowest BCUT2D eigenvalue weighted by Gasteiger charge is -2.37. The molecule has 0 saturated carbocycles. The van der Waals surface area contributed by atoms with E-state index in [0.717, 1.165) is 43.1 Å². The smallest absolute Gasteiger partial charge is 0.223 e. The van der Waals surface area contributed by atoms with Gasteiger partial charge in [-0.05, 0) is 24.5 Å². The summed E-state index contributed by atoms with van der Waals surface area (Å²) < 4.78 is 0. The summed E-state index contributed by atoms with van der Waals surface area (Å²) in [5, 5.41) is 4.07. The number of hydrogen-bond acceptors (Lipinski definition) is 2. The predicted molar refractivity (Wildman–Crippen MR) is 82.8 cm³/mol. The average Bonchev–Trinajstić information content (AvgIpc) is 2.48. The Balaban J connectivity index is 2.11. The highest BCUT2D eigenvalue weighted by Crippen LogP contribution is 2.29. The van der Waals surface area contributed by atoms with E-state index in [1.165, 1.54) is 0 Å². The van der Waals surface area contributed by atoms with Crippen LogP contribution in [0, 0.1) is 0 Å². The highest BCUT2D eigenvalue weighted by atomic mass is 35.5. The molecule has 1 fully saturated rings. The lowest BCUT2D eigenvalue weighted by molar-refractivity contribution is -0.134. The fourth-order valence-electron chi connectivity index (χ4n) is 2.57. The number of carbonyl (C=O) groups is 1. The first-order chi connectivity index (χ1) is 9.74.